The third-order valence-electron chi connectivity index (χ3n) is 1.67. The maximum absolute atomic E-state index is 11.8. The van der Waals surface area contributed by atoms with Crippen molar-refractivity contribution < 1.29 is 22.4 Å². The predicted octanol–water partition coefficient (Wildman–Crippen LogP) is 1.65. The van der Waals surface area contributed by atoms with E-state index in [9.17, 15) is 13.2 Å². The van der Waals surface area contributed by atoms with E-state index in [2.05, 4.69) is 20.2 Å². The Morgan fingerprint density at radius 3 is 2.71 bits per heavy atom. The molecule has 1 rings (SSSR count). The van der Waals surface area contributed by atoms with Crippen molar-refractivity contribution in [1.29, 1.82) is 0 Å². The number of nitrogens with one attached hydrogen (secondary N) is 1. The number of hydrogen-bond acceptors (Lipinski definition) is 5. The molecule has 1 heterocycles. The molecule has 0 amide bonds. The highest BCUT2D eigenvalue weighted by atomic mass is 19.4. The lowest BCUT2D eigenvalue weighted by molar-refractivity contribution is -0.178. The van der Waals surface area contributed by atoms with Crippen LogP contribution in [0.4, 0.5) is 13.2 Å². The van der Waals surface area contributed by atoms with Gasteiger partial charge in [0.1, 0.15) is 13.2 Å². The zero-order valence-corrected chi connectivity index (χ0v) is 9.54. The molecule has 1 aromatic heterocycles. The molecule has 0 aliphatic carbocycles. The van der Waals surface area contributed by atoms with Crippen molar-refractivity contribution in [3.63, 3.8) is 0 Å². The largest absolute Gasteiger partial charge is 0.411 e. The maximum atomic E-state index is 11.8. The van der Waals surface area contributed by atoms with Gasteiger partial charge in [0.2, 0.25) is 0 Å². The zero-order chi connectivity index (χ0) is 12.9. The molecule has 5 nitrogen and oxygen atoms in total. The second-order valence-corrected chi connectivity index (χ2v) is 3.75. The summed E-state index contributed by atoms with van der Waals surface area (Å²) in [4.78, 5) is 3.87. The Labute approximate surface area is 96.3 Å². The van der Waals surface area contributed by atoms with Crippen LogP contribution in [-0.2, 0) is 17.9 Å². The average Bonchev–Trinajstić information content (AvgIpc) is 2.61. The maximum Gasteiger partial charge on any atom is 0.411 e. The van der Waals surface area contributed by atoms with Gasteiger partial charge in [-0.2, -0.15) is 18.2 Å². The van der Waals surface area contributed by atoms with E-state index < -0.39 is 12.8 Å². The third kappa shape index (κ3) is 6.22. The van der Waals surface area contributed by atoms with Crippen molar-refractivity contribution in [1.82, 2.24) is 15.5 Å². The molecule has 98 valence electrons. The normalized spacial score (nSPS) is 12.4. The Bertz CT molecular complexity index is 338. The van der Waals surface area contributed by atoms with E-state index in [-0.39, 0.29) is 18.5 Å². The second kappa shape index (κ2) is 5.97. The van der Waals surface area contributed by atoms with Crippen molar-refractivity contribution in [2.45, 2.75) is 39.2 Å². The van der Waals surface area contributed by atoms with E-state index in [1.807, 2.05) is 13.8 Å². The molecular formula is C9H14F3N3O2. The van der Waals surface area contributed by atoms with Gasteiger partial charge in [-0.25, -0.2) is 0 Å². The lowest BCUT2D eigenvalue weighted by Gasteiger charge is -2.04. The van der Waals surface area contributed by atoms with Crippen LogP contribution in [0.1, 0.15) is 25.6 Å². The van der Waals surface area contributed by atoms with Crippen molar-refractivity contribution in [3.05, 3.63) is 11.7 Å². The third-order valence-corrected chi connectivity index (χ3v) is 1.67. The summed E-state index contributed by atoms with van der Waals surface area (Å²) in [5, 5.41) is 6.64. The Morgan fingerprint density at radius 2 is 2.12 bits per heavy atom. The van der Waals surface area contributed by atoms with E-state index in [0.29, 0.717) is 12.4 Å². The number of rotatable bonds is 6. The molecule has 1 aromatic rings. The summed E-state index contributed by atoms with van der Waals surface area (Å²) in [7, 11) is 0. The number of nitrogens with zero attached hydrogens (tertiary/aromatic N) is 2. The van der Waals surface area contributed by atoms with Gasteiger partial charge in [-0.3, -0.25) is 0 Å². The van der Waals surface area contributed by atoms with E-state index >= 15 is 0 Å². The molecular weight excluding hydrogens is 239 g/mol. The Balaban J connectivity index is 2.31. The number of aromatic nitrogens is 2. The van der Waals surface area contributed by atoms with Crippen molar-refractivity contribution >= 4 is 0 Å². The fourth-order valence-electron chi connectivity index (χ4n) is 0.970. The molecule has 0 bridgehead atoms. The standard InChI is InChI=1S/C9H14F3N3O2/c1-6(2)13-3-7-14-8(17-15-7)4-16-5-9(10,11)12/h6,13H,3-5H2,1-2H3. The van der Waals surface area contributed by atoms with E-state index in [1.54, 1.807) is 0 Å². The van der Waals surface area contributed by atoms with Gasteiger partial charge in [0, 0.05) is 6.04 Å². The van der Waals surface area contributed by atoms with Gasteiger partial charge in [-0.15, -0.1) is 0 Å². The summed E-state index contributed by atoms with van der Waals surface area (Å²) in [6.45, 7) is 2.64. The predicted molar refractivity (Wildman–Crippen MR) is 52.0 cm³/mol. The highest BCUT2D eigenvalue weighted by Gasteiger charge is 2.27. The minimum absolute atomic E-state index is 0.0369. The number of hydrogen-bond donors (Lipinski definition) is 1. The summed E-state index contributed by atoms with van der Waals surface area (Å²) in [6, 6.07) is 0.262. The molecule has 0 saturated heterocycles. The molecule has 0 atom stereocenters. The van der Waals surface area contributed by atoms with Crippen LogP contribution in [0.25, 0.3) is 0 Å². The molecule has 1 N–H and O–H groups in total. The van der Waals surface area contributed by atoms with Gasteiger partial charge in [0.15, 0.2) is 5.82 Å². The molecule has 0 fully saturated rings. The van der Waals surface area contributed by atoms with Gasteiger partial charge >= 0.3 is 6.18 Å². The van der Waals surface area contributed by atoms with Crippen molar-refractivity contribution in [3.8, 4) is 0 Å². The second-order valence-electron chi connectivity index (χ2n) is 3.75. The fraction of sp³-hybridized carbons (Fsp3) is 0.778. The number of ether oxygens (including phenoxy) is 1. The molecule has 0 unspecified atom stereocenters. The molecule has 0 spiro atoms. The van der Waals surface area contributed by atoms with Crippen molar-refractivity contribution in [2.24, 2.45) is 0 Å². The fourth-order valence-corrected chi connectivity index (χ4v) is 0.970. The van der Waals surface area contributed by atoms with E-state index in [0.717, 1.165) is 0 Å². The lowest BCUT2D eigenvalue weighted by Crippen LogP contribution is -2.22. The first-order chi connectivity index (χ1) is 7.87. The first-order valence-electron chi connectivity index (χ1n) is 5.06. The minimum Gasteiger partial charge on any atom is -0.362 e. The van der Waals surface area contributed by atoms with Crippen LogP contribution in [0.3, 0.4) is 0 Å². The van der Waals surface area contributed by atoms with Crippen LogP contribution >= 0.6 is 0 Å². The van der Waals surface area contributed by atoms with Gasteiger partial charge in [-0.1, -0.05) is 19.0 Å². The number of halogens is 3. The lowest BCUT2D eigenvalue weighted by atomic mass is 10.4. The summed E-state index contributed by atoms with van der Waals surface area (Å²) >= 11 is 0. The average molecular weight is 253 g/mol. The van der Waals surface area contributed by atoms with Crippen LogP contribution in [0.2, 0.25) is 0 Å². The van der Waals surface area contributed by atoms with Gasteiger partial charge in [0.05, 0.1) is 6.54 Å². The molecule has 0 saturated carbocycles. The first-order valence-corrected chi connectivity index (χ1v) is 5.06. The first kappa shape index (κ1) is 13.9. The molecule has 0 aliphatic rings. The quantitative estimate of drug-likeness (QED) is 0.835. The summed E-state index contributed by atoms with van der Waals surface area (Å²) < 4.78 is 44.4. The molecule has 17 heavy (non-hydrogen) atoms. The highest BCUT2D eigenvalue weighted by Crippen LogP contribution is 2.15. The summed E-state index contributed by atoms with van der Waals surface area (Å²) in [6.07, 6.45) is -4.35. The molecule has 0 aromatic carbocycles. The highest BCUT2D eigenvalue weighted by molar-refractivity contribution is 4.84. The summed E-state index contributed by atoms with van der Waals surface area (Å²) in [5.74, 6) is 0.430. The van der Waals surface area contributed by atoms with Crippen LogP contribution in [0.15, 0.2) is 4.52 Å². The van der Waals surface area contributed by atoms with E-state index in [4.69, 9.17) is 4.52 Å². The van der Waals surface area contributed by atoms with Crippen LogP contribution < -0.4 is 5.32 Å². The van der Waals surface area contributed by atoms with Crippen molar-refractivity contribution in [2.75, 3.05) is 6.61 Å². The van der Waals surface area contributed by atoms with E-state index in [1.165, 1.54) is 0 Å². The molecule has 0 aliphatic heterocycles. The monoisotopic (exact) mass is 253 g/mol. The van der Waals surface area contributed by atoms with Crippen LogP contribution in [-0.4, -0.2) is 29.0 Å². The Morgan fingerprint density at radius 1 is 1.41 bits per heavy atom. The van der Waals surface area contributed by atoms with Crippen LogP contribution in [0.5, 0.6) is 0 Å². The molecule has 8 heteroatoms. The van der Waals surface area contributed by atoms with Crippen LogP contribution in [0, 0.1) is 0 Å². The Hall–Kier alpha value is -1.15. The number of alkyl halides is 3. The Kier molecular flexibility index (Phi) is 4.88. The minimum atomic E-state index is -4.35. The zero-order valence-electron chi connectivity index (χ0n) is 9.54. The van der Waals surface area contributed by atoms with Gasteiger partial charge < -0.3 is 14.6 Å². The molecule has 0 radical (unpaired) electrons. The SMILES string of the molecule is CC(C)NCc1noc(COCC(F)(F)F)n1. The van der Waals surface area contributed by atoms with Gasteiger partial charge in [-0.05, 0) is 0 Å². The smallest absolute Gasteiger partial charge is 0.362 e. The van der Waals surface area contributed by atoms with Gasteiger partial charge in [0.25, 0.3) is 5.89 Å². The summed E-state index contributed by atoms with van der Waals surface area (Å²) in [5.41, 5.74) is 0. The topological polar surface area (TPSA) is 60.2 Å².